The Morgan fingerprint density at radius 2 is 1.94 bits per heavy atom. The van der Waals surface area contributed by atoms with Crippen LogP contribution in [0.25, 0.3) is 11.0 Å². The highest BCUT2D eigenvalue weighted by Crippen LogP contribution is 2.44. The van der Waals surface area contributed by atoms with Crippen LogP contribution in [0.15, 0.2) is 24.3 Å². The van der Waals surface area contributed by atoms with Crippen molar-refractivity contribution in [1.82, 2.24) is 14.9 Å². The van der Waals surface area contributed by atoms with Crippen molar-refractivity contribution in [3.8, 4) is 6.07 Å². The van der Waals surface area contributed by atoms with Crippen molar-refractivity contribution in [1.29, 1.82) is 5.26 Å². The molecule has 6 rings (SSSR count). The summed E-state index contributed by atoms with van der Waals surface area (Å²) in [5.41, 5.74) is 6.17. The molecule has 0 unspecified atom stereocenters. The summed E-state index contributed by atoms with van der Waals surface area (Å²) in [6, 6.07) is 11.4. The molecule has 6 heteroatoms. The number of hydrogen-bond donors (Lipinski definition) is 1. The molecule has 2 fully saturated rings. The number of carbonyl (C=O) groups is 1. The number of benzene rings is 1. The van der Waals surface area contributed by atoms with Crippen LogP contribution >= 0.6 is 0 Å². The van der Waals surface area contributed by atoms with Crippen molar-refractivity contribution >= 4 is 22.5 Å². The second-order valence-corrected chi connectivity index (χ2v) is 10.5. The number of ketones is 1. The van der Waals surface area contributed by atoms with Crippen molar-refractivity contribution in [2.75, 3.05) is 31.1 Å². The number of nitriles is 1. The number of aromatic amines is 1. The molecule has 1 saturated heterocycles. The van der Waals surface area contributed by atoms with Gasteiger partial charge in [-0.05, 0) is 42.5 Å². The molecule has 3 aliphatic rings. The number of nitrogens with one attached hydrogen (secondary N) is 1. The Morgan fingerprint density at radius 1 is 1.18 bits per heavy atom. The second kappa shape index (κ2) is 7.68. The maximum atomic E-state index is 13.8. The first-order valence-electron chi connectivity index (χ1n) is 12.6. The van der Waals surface area contributed by atoms with Crippen LogP contribution in [0.5, 0.6) is 0 Å². The number of fused-ring (bicyclic) bond motifs is 4. The van der Waals surface area contributed by atoms with E-state index in [1.54, 1.807) is 0 Å². The quantitative estimate of drug-likeness (QED) is 0.630. The average molecular weight is 454 g/mol. The zero-order valence-corrected chi connectivity index (χ0v) is 20.2. The molecule has 0 atom stereocenters. The summed E-state index contributed by atoms with van der Waals surface area (Å²) in [6.45, 7) is 10.2. The molecule has 0 radical (unpaired) electrons. The standard InChI is InChI=1S/C28H31N5O/c1-4-17-8-9-21-19(14-17)25(34)24-20-15-23(33-12-10-32(11-13-33)18-6-5-7-18)22(16-29)30-27(20)31-26(24)28(21,2)3/h8-9,14-15,18H,4-7,10-13H2,1-3H3,(H,30,31). The molecule has 0 bridgehead atoms. The van der Waals surface area contributed by atoms with Gasteiger partial charge in [0.2, 0.25) is 0 Å². The van der Waals surface area contributed by atoms with Gasteiger partial charge in [-0.1, -0.05) is 39.3 Å². The molecule has 1 N–H and O–H groups in total. The van der Waals surface area contributed by atoms with Gasteiger partial charge in [-0.25, -0.2) is 4.98 Å². The smallest absolute Gasteiger partial charge is 0.195 e. The van der Waals surface area contributed by atoms with E-state index in [2.05, 4.69) is 59.8 Å². The first-order valence-corrected chi connectivity index (χ1v) is 12.6. The molecule has 1 aromatic carbocycles. The minimum Gasteiger partial charge on any atom is -0.367 e. The van der Waals surface area contributed by atoms with E-state index in [0.29, 0.717) is 16.9 Å². The van der Waals surface area contributed by atoms with Gasteiger partial charge in [-0.2, -0.15) is 5.26 Å². The summed E-state index contributed by atoms with van der Waals surface area (Å²) in [4.78, 5) is 26.8. The number of hydrogen-bond acceptors (Lipinski definition) is 5. The molecule has 3 aromatic rings. The molecule has 3 heterocycles. The molecule has 2 aliphatic carbocycles. The average Bonchev–Trinajstić information content (AvgIpc) is 3.21. The van der Waals surface area contributed by atoms with Gasteiger partial charge in [-0.3, -0.25) is 9.69 Å². The fraction of sp³-hybridized carbons (Fsp3) is 0.464. The Balaban J connectivity index is 1.44. The summed E-state index contributed by atoms with van der Waals surface area (Å²) in [5.74, 6) is 0.0538. The molecule has 0 spiro atoms. The largest absolute Gasteiger partial charge is 0.367 e. The minimum atomic E-state index is -0.354. The summed E-state index contributed by atoms with van der Waals surface area (Å²) in [6.07, 6.45) is 4.86. The van der Waals surface area contributed by atoms with Gasteiger partial charge in [0.25, 0.3) is 0 Å². The predicted octanol–water partition coefficient (Wildman–Crippen LogP) is 4.54. The lowest BCUT2D eigenvalue weighted by molar-refractivity contribution is 0.103. The van der Waals surface area contributed by atoms with Crippen LogP contribution in [0.3, 0.4) is 0 Å². The highest BCUT2D eigenvalue weighted by molar-refractivity contribution is 6.20. The summed E-state index contributed by atoms with van der Waals surface area (Å²) < 4.78 is 0. The second-order valence-electron chi connectivity index (χ2n) is 10.5. The molecular weight excluding hydrogens is 422 g/mol. The van der Waals surface area contributed by atoms with Crippen LogP contribution in [0, 0.1) is 11.3 Å². The molecule has 174 valence electrons. The molecule has 0 amide bonds. The van der Waals surface area contributed by atoms with Crippen molar-refractivity contribution in [2.24, 2.45) is 0 Å². The molecule has 2 aromatic heterocycles. The molecule has 6 nitrogen and oxygen atoms in total. The Morgan fingerprint density at radius 3 is 2.59 bits per heavy atom. The lowest BCUT2D eigenvalue weighted by Crippen LogP contribution is -2.52. The zero-order valence-electron chi connectivity index (χ0n) is 20.2. The predicted molar refractivity (Wildman–Crippen MR) is 134 cm³/mol. The Labute approximate surface area is 200 Å². The zero-order chi connectivity index (χ0) is 23.6. The Hall–Kier alpha value is -3.17. The highest BCUT2D eigenvalue weighted by Gasteiger charge is 2.40. The number of aryl methyl sites for hydroxylation is 1. The van der Waals surface area contributed by atoms with Crippen LogP contribution in [0.2, 0.25) is 0 Å². The van der Waals surface area contributed by atoms with E-state index in [9.17, 15) is 10.1 Å². The van der Waals surface area contributed by atoms with Crippen LogP contribution in [-0.4, -0.2) is 52.9 Å². The SMILES string of the molecule is CCc1ccc2c(c1)C(=O)c1c([nH]c3nc(C#N)c(N4CCN(C5CCC5)CC4)cc13)C2(C)C. The van der Waals surface area contributed by atoms with Gasteiger partial charge in [0, 0.05) is 54.3 Å². The summed E-state index contributed by atoms with van der Waals surface area (Å²) in [7, 11) is 0. The first-order chi connectivity index (χ1) is 16.4. The van der Waals surface area contributed by atoms with Crippen molar-refractivity contribution in [3.63, 3.8) is 0 Å². The van der Waals surface area contributed by atoms with Gasteiger partial charge < -0.3 is 9.88 Å². The maximum Gasteiger partial charge on any atom is 0.195 e. The Bertz CT molecular complexity index is 1350. The Kier molecular flexibility index (Phi) is 4.82. The number of H-pyrrole nitrogens is 1. The van der Waals surface area contributed by atoms with Gasteiger partial charge >= 0.3 is 0 Å². The van der Waals surface area contributed by atoms with E-state index in [-0.39, 0.29) is 11.2 Å². The number of carbonyl (C=O) groups excluding carboxylic acids is 1. The third kappa shape index (κ3) is 3.03. The van der Waals surface area contributed by atoms with Crippen LogP contribution in [0.1, 0.15) is 78.5 Å². The fourth-order valence-corrected chi connectivity index (χ4v) is 6.03. The molecule has 1 aliphatic heterocycles. The topological polar surface area (TPSA) is 76.0 Å². The summed E-state index contributed by atoms with van der Waals surface area (Å²) in [5, 5.41) is 10.8. The number of anilines is 1. The first kappa shape index (κ1) is 21.4. The van der Waals surface area contributed by atoms with Gasteiger partial charge in [0.15, 0.2) is 11.5 Å². The van der Waals surface area contributed by atoms with E-state index in [4.69, 9.17) is 4.98 Å². The van der Waals surface area contributed by atoms with Crippen LogP contribution in [-0.2, 0) is 11.8 Å². The number of aromatic nitrogens is 2. The maximum absolute atomic E-state index is 13.8. The number of rotatable bonds is 3. The minimum absolute atomic E-state index is 0.0538. The monoisotopic (exact) mass is 453 g/mol. The number of piperazine rings is 1. The normalized spacial score (nSPS) is 20.1. The van der Waals surface area contributed by atoms with E-state index in [1.807, 2.05) is 6.07 Å². The molecule has 1 saturated carbocycles. The van der Waals surface area contributed by atoms with E-state index >= 15 is 0 Å². The molecule has 34 heavy (non-hydrogen) atoms. The van der Waals surface area contributed by atoms with Crippen molar-refractivity contribution in [2.45, 2.75) is 57.9 Å². The molecular formula is C28H31N5O. The van der Waals surface area contributed by atoms with E-state index < -0.39 is 0 Å². The highest BCUT2D eigenvalue weighted by atomic mass is 16.1. The van der Waals surface area contributed by atoms with E-state index in [1.165, 1.54) is 24.8 Å². The summed E-state index contributed by atoms with van der Waals surface area (Å²) >= 11 is 0. The van der Waals surface area contributed by atoms with Gasteiger partial charge in [-0.15, -0.1) is 0 Å². The lowest BCUT2D eigenvalue weighted by Gasteiger charge is -2.43. The van der Waals surface area contributed by atoms with Gasteiger partial charge in [0.1, 0.15) is 11.7 Å². The third-order valence-electron chi connectivity index (χ3n) is 8.38. The van der Waals surface area contributed by atoms with E-state index in [0.717, 1.165) is 66.5 Å². The van der Waals surface area contributed by atoms with Gasteiger partial charge in [0.05, 0.1) is 11.3 Å². The van der Waals surface area contributed by atoms with Crippen molar-refractivity contribution in [3.05, 3.63) is 57.9 Å². The van der Waals surface area contributed by atoms with Crippen LogP contribution < -0.4 is 4.90 Å². The third-order valence-corrected chi connectivity index (χ3v) is 8.38. The van der Waals surface area contributed by atoms with Crippen LogP contribution in [0.4, 0.5) is 5.69 Å². The fourth-order valence-electron chi connectivity index (χ4n) is 6.03. The lowest BCUT2D eigenvalue weighted by atomic mass is 9.71. The number of pyridine rings is 1. The van der Waals surface area contributed by atoms with Crippen molar-refractivity contribution < 1.29 is 4.79 Å². The number of nitrogens with zero attached hydrogens (tertiary/aromatic N) is 4.